The van der Waals surface area contributed by atoms with Crippen molar-refractivity contribution in [3.05, 3.63) is 34.7 Å². The topological polar surface area (TPSA) is 82.6 Å². The maximum atomic E-state index is 12.7. The van der Waals surface area contributed by atoms with Gasteiger partial charge in [-0.05, 0) is 25.0 Å². The van der Waals surface area contributed by atoms with Gasteiger partial charge in [-0.3, -0.25) is 4.79 Å². The van der Waals surface area contributed by atoms with Gasteiger partial charge in [0.15, 0.2) is 0 Å². The molecule has 1 aliphatic carbocycles. The number of para-hydroxylation sites is 2. The molecule has 1 fully saturated rings. The number of fused-ring (bicyclic) bond motifs is 3. The summed E-state index contributed by atoms with van der Waals surface area (Å²) in [5.74, 6) is 0.352. The molecule has 0 aliphatic heterocycles. The molecular weight excluding hydrogens is 310 g/mol. The monoisotopic (exact) mass is 329 g/mol. The molecule has 0 atom stereocenters. The first-order valence-electron chi connectivity index (χ1n) is 8.04. The average Bonchev–Trinajstić information content (AvgIpc) is 3.25. The van der Waals surface area contributed by atoms with E-state index in [4.69, 9.17) is 4.74 Å². The molecular formula is C16H19N5O3. The highest BCUT2D eigenvalue weighted by molar-refractivity contribution is 5.81. The highest BCUT2D eigenvalue weighted by Crippen LogP contribution is 2.19. The molecule has 1 amide bonds. The van der Waals surface area contributed by atoms with Crippen molar-refractivity contribution in [3.63, 3.8) is 0 Å². The molecule has 8 heteroatoms. The number of amides is 1. The Hall–Kier alpha value is -2.61. The maximum absolute atomic E-state index is 12.7. The first kappa shape index (κ1) is 14.9. The smallest absolute Gasteiger partial charge is 0.352 e. The average molecular weight is 329 g/mol. The van der Waals surface area contributed by atoms with E-state index in [-0.39, 0.29) is 24.2 Å². The highest BCUT2D eigenvalue weighted by Gasteiger charge is 2.24. The Labute approximate surface area is 137 Å². The van der Waals surface area contributed by atoms with Gasteiger partial charge in [-0.15, -0.1) is 5.10 Å². The van der Waals surface area contributed by atoms with Crippen molar-refractivity contribution in [2.24, 2.45) is 0 Å². The van der Waals surface area contributed by atoms with E-state index in [0.29, 0.717) is 18.9 Å². The minimum Gasteiger partial charge on any atom is -0.383 e. The Kier molecular flexibility index (Phi) is 3.61. The number of nitrogens with zero attached hydrogens (tertiary/aromatic N) is 4. The summed E-state index contributed by atoms with van der Waals surface area (Å²) in [6.45, 7) is 1.03. The largest absolute Gasteiger partial charge is 0.383 e. The normalized spacial score (nSPS) is 14.5. The van der Waals surface area contributed by atoms with Crippen molar-refractivity contribution in [2.75, 3.05) is 13.7 Å². The predicted molar refractivity (Wildman–Crippen MR) is 88.0 cm³/mol. The number of carbonyl (C=O) groups excluding carboxylic acids is 1. The molecule has 0 saturated heterocycles. The Balaban J connectivity index is 1.78. The van der Waals surface area contributed by atoms with Gasteiger partial charge in [0.25, 0.3) is 0 Å². The predicted octanol–water partition coefficient (Wildman–Crippen LogP) is 0.376. The van der Waals surface area contributed by atoms with Crippen LogP contribution >= 0.6 is 0 Å². The zero-order chi connectivity index (χ0) is 16.7. The third-order valence-electron chi connectivity index (χ3n) is 4.23. The molecule has 2 aromatic heterocycles. The van der Waals surface area contributed by atoms with Crippen molar-refractivity contribution < 1.29 is 9.53 Å². The molecule has 1 saturated carbocycles. The van der Waals surface area contributed by atoms with Gasteiger partial charge in [0.05, 0.1) is 17.6 Å². The standard InChI is InChI=1S/C16H19N5O3/c1-24-9-8-19-12-4-2-3-5-13(12)21-15(19)18-20(16(21)23)10-14(22)17-11-6-7-11/h2-5,11H,6-10H2,1H3,(H,17,22). The Morgan fingerprint density at radius 1 is 1.33 bits per heavy atom. The van der Waals surface area contributed by atoms with E-state index in [9.17, 15) is 9.59 Å². The van der Waals surface area contributed by atoms with Gasteiger partial charge < -0.3 is 14.6 Å². The van der Waals surface area contributed by atoms with Crippen LogP contribution in [-0.4, -0.2) is 44.4 Å². The third kappa shape index (κ3) is 2.48. The Bertz CT molecular complexity index is 963. The van der Waals surface area contributed by atoms with E-state index in [1.807, 2.05) is 28.8 Å². The molecule has 4 rings (SSSR count). The Morgan fingerprint density at radius 3 is 2.79 bits per heavy atom. The maximum Gasteiger partial charge on any atom is 0.352 e. The lowest BCUT2D eigenvalue weighted by Gasteiger charge is -2.04. The van der Waals surface area contributed by atoms with Crippen LogP contribution in [-0.2, 0) is 22.6 Å². The van der Waals surface area contributed by atoms with E-state index >= 15 is 0 Å². The zero-order valence-electron chi connectivity index (χ0n) is 13.4. The summed E-state index contributed by atoms with van der Waals surface area (Å²) in [6, 6.07) is 7.90. The molecule has 8 nitrogen and oxygen atoms in total. The number of aromatic nitrogens is 4. The number of nitrogens with one attached hydrogen (secondary N) is 1. The van der Waals surface area contributed by atoms with Gasteiger partial charge in [-0.2, -0.15) is 0 Å². The number of benzene rings is 1. The quantitative estimate of drug-likeness (QED) is 0.708. The first-order valence-corrected chi connectivity index (χ1v) is 8.04. The minimum atomic E-state index is -0.302. The number of hydrogen-bond donors (Lipinski definition) is 1. The second-order valence-corrected chi connectivity index (χ2v) is 6.05. The van der Waals surface area contributed by atoms with E-state index in [2.05, 4.69) is 10.4 Å². The molecule has 126 valence electrons. The summed E-state index contributed by atoms with van der Waals surface area (Å²) in [6.07, 6.45) is 2.02. The van der Waals surface area contributed by atoms with Crippen LogP contribution in [0, 0.1) is 0 Å². The number of rotatable bonds is 6. The third-order valence-corrected chi connectivity index (χ3v) is 4.23. The number of ether oxygens (including phenoxy) is 1. The van der Waals surface area contributed by atoms with Crippen LogP contribution < -0.4 is 11.0 Å². The van der Waals surface area contributed by atoms with E-state index in [0.717, 1.165) is 23.9 Å². The molecule has 1 aromatic carbocycles. The van der Waals surface area contributed by atoms with Crippen molar-refractivity contribution in [1.29, 1.82) is 0 Å². The van der Waals surface area contributed by atoms with Gasteiger partial charge in [0.2, 0.25) is 11.7 Å². The first-order chi connectivity index (χ1) is 11.7. The fourth-order valence-corrected chi connectivity index (χ4v) is 2.91. The Morgan fingerprint density at radius 2 is 2.08 bits per heavy atom. The summed E-state index contributed by atoms with van der Waals surface area (Å²) >= 11 is 0. The molecule has 0 bridgehead atoms. The minimum absolute atomic E-state index is 0.0599. The number of methoxy groups -OCH3 is 1. The van der Waals surface area contributed by atoms with Crippen molar-refractivity contribution in [3.8, 4) is 0 Å². The molecule has 0 spiro atoms. The van der Waals surface area contributed by atoms with Gasteiger partial charge in [-0.25, -0.2) is 13.9 Å². The fraction of sp³-hybridized carbons (Fsp3) is 0.438. The number of imidazole rings is 1. The lowest BCUT2D eigenvalue weighted by molar-refractivity contribution is -0.122. The zero-order valence-corrected chi connectivity index (χ0v) is 13.4. The molecule has 0 radical (unpaired) electrons. The fourth-order valence-electron chi connectivity index (χ4n) is 2.91. The van der Waals surface area contributed by atoms with Gasteiger partial charge in [-0.1, -0.05) is 12.1 Å². The molecule has 24 heavy (non-hydrogen) atoms. The number of carbonyl (C=O) groups is 1. The van der Waals surface area contributed by atoms with Crippen LogP contribution in [0.15, 0.2) is 29.1 Å². The second kappa shape index (κ2) is 5.79. The lowest BCUT2D eigenvalue weighted by Crippen LogP contribution is -2.33. The summed E-state index contributed by atoms with van der Waals surface area (Å²) in [4.78, 5) is 24.7. The summed E-state index contributed by atoms with van der Waals surface area (Å²) in [5, 5.41) is 7.26. The molecule has 0 unspecified atom stereocenters. The van der Waals surface area contributed by atoms with E-state index < -0.39 is 0 Å². The van der Waals surface area contributed by atoms with Crippen molar-refractivity contribution in [1.82, 2.24) is 24.1 Å². The highest BCUT2D eigenvalue weighted by atomic mass is 16.5. The van der Waals surface area contributed by atoms with Crippen molar-refractivity contribution >= 4 is 22.7 Å². The van der Waals surface area contributed by atoms with Crippen LogP contribution in [0.2, 0.25) is 0 Å². The van der Waals surface area contributed by atoms with Crippen LogP contribution in [0.1, 0.15) is 12.8 Å². The second-order valence-electron chi connectivity index (χ2n) is 6.05. The summed E-state index contributed by atoms with van der Waals surface area (Å²) in [5.41, 5.74) is 1.40. The molecule has 1 N–H and O–H groups in total. The summed E-state index contributed by atoms with van der Waals surface area (Å²) in [7, 11) is 1.63. The molecule has 3 aromatic rings. The van der Waals surface area contributed by atoms with Crippen LogP contribution in [0.4, 0.5) is 0 Å². The van der Waals surface area contributed by atoms with Crippen LogP contribution in [0.5, 0.6) is 0 Å². The lowest BCUT2D eigenvalue weighted by atomic mass is 10.3. The number of hydrogen-bond acceptors (Lipinski definition) is 4. The van der Waals surface area contributed by atoms with Crippen molar-refractivity contribution in [2.45, 2.75) is 32.0 Å². The SMILES string of the molecule is COCCn1c2ccccc2n2c(=O)n(CC(=O)NC3CC3)nc12. The van der Waals surface area contributed by atoms with E-state index in [1.54, 1.807) is 11.5 Å². The van der Waals surface area contributed by atoms with Crippen LogP contribution in [0.25, 0.3) is 16.8 Å². The van der Waals surface area contributed by atoms with Gasteiger partial charge >= 0.3 is 5.69 Å². The van der Waals surface area contributed by atoms with Crippen LogP contribution in [0.3, 0.4) is 0 Å². The molecule has 1 aliphatic rings. The summed E-state index contributed by atoms with van der Waals surface area (Å²) < 4.78 is 9.87. The van der Waals surface area contributed by atoms with E-state index in [1.165, 1.54) is 4.68 Å². The van der Waals surface area contributed by atoms with Gasteiger partial charge in [0.1, 0.15) is 6.54 Å². The van der Waals surface area contributed by atoms with Gasteiger partial charge in [0, 0.05) is 19.7 Å². The molecule has 2 heterocycles.